The minimum atomic E-state index is 0.713. The fraction of sp³-hybridized carbons (Fsp3) is 0. The number of halogens is 1. The quantitative estimate of drug-likeness (QED) is 0.496. The molecule has 1 aromatic carbocycles. The summed E-state index contributed by atoms with van der Waals surface area (Å²) in [6, 6.07) is 7.15. The summed E-state index contributed by atoms with van der Waals surface area (Å²) in [6.45, 7) is 0. The second-order valence-electron chi connectivity index (χ2n) is 1.67. The molecule has 0 saturated heterocycles. The topological polar surface area (TPSA) is 72.3 Å². The van der Waals surface area contributed by atoms with Gasteiger partial charge in [0.25, 0.3) is 0 Å². The van der Waals surface area contributed by atoms with Crippen molar-refractivity contribution >= 4 is 23.2 Å². The van der Waals surface area contributed by atoms with Crippen LogP contribution >= 0.6 is 11.9 Å². The highest BCUT2D eigenvalue weighted by Crippen LogP contribution is 2.06. The highest BCUT2D eigenvalue weighted by Gasteiger charge is 1.81. The van der Waals surface area contributed by atoms with Gasteiger partial charge in [-0.1, -0.05) is 6.07 Å². The average molecular weight is 161 g/mol. The second kappa shape index (κ2) is 4.90. The molecule has 0 radical (unpaired) electrons. The standard InChI is InChI=1S/C6H8N2.ClHO/c7-5-2-1-3-6(8)4-5;1-2/h1-4H,7-8H2;2H. The number of nitrogen functional groups attached to an aromatic ring is 2. The van der Waals surface area contributed by atoms with Gasteiger partial charge < -0.3 is 11.5 Å². The third kappa shape index (κ3) is 3.17. The fourth-order valence-corrected chi connectivity index (χ4v) is 0.559. The predicted molar refractivity (Wildman–Crippen MR) is 43.3 cm³/mol. The third-order valence-corrected chi connectivity index (χ3v) is 0.911. The molecule has 0 spiro atoms. The van der Waals surface area contributed by atoms with Crippen LogP contribution in [-0.4, -0.2) is 4.66 Å². The monoisotopic (exact) mass is 160 g/mol. The van der Waals surface area contributed by atoms with Crippen LogP contribution in [0.4, 0.5) is 11.4 Å². The Hall–Kier alpha value is -0.930. The molecule has 1 rings (SSSR count). The summed E-state index contributed by atoms with van der Waals surface area (Å²) in [5.74, 6) is 0. The number of benzene rings is 1. The lowest BCUT2D eigenvalue weighted by atomic mass is 10.3. The van der Waals surface area contributed by atoms with Gasteiger partial charge in [0.15, 0.2) is 0 Å². The molecule has 0 aliphatic carbocycles. The first-order valence-corrected chi connectivity index (χ1v) is 2.91. The summed E-state index contributed by atoms with van der Waals surface area (Å²) in [4.78, 5) is 0. The minimum absolute atomic E-state index is 0.713. The molecule has 0 amide bonds. The van der Waals surface area contributed by atoms with Crippen molar-refractivity contribution in [1.29, 1.82) is 0 Å². The van der Waals surface area contributed by atoms with E-state index in [4.69, 9.17) is 16.1 Å². The lowest BCUT2D eigenvalue weighted by molar-refractivity contribution is 0.632. The Balaban J connectivity index is 0.000000371. The molecule has 3 nitrogen and oxygen atoms in total. The van der Waals surface area contributed by atoms with Crippen molar-refractivity contribution in [2.45, 2.75) is 0 Å². The van der Waals surface area contributed by atoms with Crippen molar-refractivity contribution in [3.63, 3.8) is 0 Å². The third-order valence-electron chi connectivity index (χ3n) is 0.911. The van der Waals surface area contributed by atoms with Crippen LogP contribution in [0, 0.1) is 0 Å². The van der Waals surface area contributed by atoms with Crippen molar-refractivity contribution in [3.8, 4) is 0 Å². The molecule has 0 unspecified atom stereocenters. The van der Waals surface area contributed by atoms with E-state index in [2.05, 4.69) is 11.9 Å². The van der Waals surface area contributed by atoms with Crippen molar-refractivity contribution in [2.24, 2.45) is 0 Å². The molecule has 56 valence electrons. The Labute approximate surface area is 64.4 Å². The van der Waals surface area contributed by atoms with Gasteiger partial charge in [-0.25, -0.2) is 0 Å². The molecule has 1 aromatic rings. The first kappa shape index (κ1) is 9.07. The molecule has 0 bridgehead atoms. The number of hydrogen-bond donors (Lipinski definition) is 3. The molecule has 0 aliphatic rings. The maximum Gasteiger partial charge on any atom is 0.0579 e. The zero-order chi connectivity index (χ0) is 7.98. The van der Waals surface area contributed by atoms with Crippen molar-refractivity contribution in [2.75, 3.05) is 11.5 Å². The smallest absolute Gasteiger partial charge is 0.0579 e. The van der Waals surface area contributed by atoms with Crippen LogP contribution in [0.15, 0.2) is 24.3 Å². The largest absolute Gasteiger partial charge is 0.399 e. The van der Waals surface area contributed by atoms with E-state index in [9.17, 15) is 0 Å². The highest BCUT2D eigenvalue weighted by atomic mass is 35.5. The van der Waals surface area contributed by atoms with Crippen molar-refractivity contribution in [1.82, 2.24) is 0 Å². The summed E-state index contributed by atoms with van der Waals surface area (Å²) in [5.41, 5.74) is 12.2. The molecule has 0 heterocycles. The van der Waals surface area contributed by atoms with E-state index in [1.54, 1.807) is 18.2 Å². The maximum absolute atomic E-state index is 6.47. The van der Waals surface area contributed by atoms with E-state index >= 15 is 0 Å². The number of nitrogens with two attached hydrogens (primary N) is 2. The summed E-state index contributed by atoms with van der Waals surface area (Å²) in [5, 5.41) is 0. The lowest BCUT2D eigenvalue weighted by Crippen LogP contribution is -1.87. The summed E-state index contributed by atoms with van der Waals surface area (Å²) >= 11 is 3.64. The number of hydrogen-bond acceptors (Lipinski definition) is 3. The molecule has 0 aromatic heterocycles. The van der Waals surface area contributed by atoms with Crippen LogP contribution in [0.2, 0.25) is 0 Å². The molecule has 0 aliphatic heterocycles. The van der Waals surface area contributed by atoms with Crippen molar-refractivity contribution < 1.29 is 4.66 Å². The van der Waals surface area contributed by atoms with Gasteiger partial charge in [0, 0.05) is 11.4 Å². The zero-order valence-electron chi connectivity index (χ0n) is 5.29. The summed E-state index contributed by atoms with van der Waals surface area (Å²) < 4.78 is 6.47. The van der Waals surface area contributed by atoms with Crippen LogP contribution < -0.4 is 11.5 Å². The Morgan fingerprint density at radius 1 is 1.10 bits per heavy atom. The predicted octanol–water partition coefficient (Wildman–Crippen LogP) is 0.984. The van der Waals surface area contributed by atoms with Gasteiger partial charge in [-0.15, -0.1) is 0 Å². The molecule has 0 atom stereocenters. The molecular weight excluding hydrogens is 152 g/mol. The molecule has 10 heavy (non-hydrogen) atoms. The van der Waals surface area contributed by atoms with E-state index in [0.717, 1.165) is 0 Å². The molecule has 0 saturated carbocycles. The van der Waals surface area contributed by atoms with Gasteiger partial charge >= 0.3 is 0 Å². The number of anilines is 2. The molecule has 5 N–H and O–H groups in total. The van der Waals surface area contributed by atoms with Gasteiger partial charge in [-0.2, -0.15) is 0 Å². The van der Waals surface area contributed by atoms with Gasteiger partial charge in [0.1, 0.15) is 0 Å². The summed E-state index contributed by atoms with van der Waals surface area (Å²) in [7, 11) is 0. The number of rotatable bonds is 0. The fourth-order valence-electron chi connectivity index (χ4n) is 0.559. The maximum atomic E-state index is 6.47. The molecular formula is C6H9ClN2O. The van der Waals surface area contributed by atoms with Gasteiger partial charge in [-0.05, 0) is 18.2 Å². The second-order valence-corrected chi connectivity index (χ2v) is 1.67. The highest BCUT2D eigenvalue weighted by molar-refractivity contribution is 6.04. The minimum Gasteiger partial charge on any atom is -0.399 e. The Bertz CT molecular complexity index is 176. The van der Waals surface area contributed by atoms with E-state index in [1.165, 1.54) is 0 Å². The first-order chi connectivity index (χ1) is 4.79. The van der Waals surface area contributed by atoms with Crippen LogP contribution in [-0.2, 0) is 0 Å². The van der Waals surface area contributed by atoms with E-state index in [0.29, 0.717) is 11.4 Å². The SMILES string of the molecule is Nc1cccc(N)c1.OCl. The van der Waals surface area contributed by atoms with E-state index in [1.807, 2.05) is 6.07 Å². The van der Waals surface area contributed by atoms with Crippen LogP contribution in [0.1, 0.15) is 0 Å². The van der Waals surface area contributed by atoms with Crippen LogP contribution in [0.25, 0.3) is 0 Å². The zero-order valence-corrected chi connectivity index (χ0v) is 6.05. The normalized spacial score (nSPS) is 7.80. The van der Waals surface area contributed by atoms with Crippen LogP contribution in [0.3, 0.4) is 0 Å². The van der Waals surface area contributed by atoms with Gasteiger partial charge in [0.2, 0.25) is 0 Å². The first-order valence-electron chi connectivity index (χ1n) is 2.57. The van der Waals surface area contributed by atoms with Gasteiger partial charge in [-0.3, -0.25) is 4.66 Å². The average Bonchev–Trinajstić information content (AvgIpc) is 1.91. The van der Waals surface area contributed by atoms with Crippen LogP contribution in [0.5, 0.6) is 0 Å². The van der Waals surface area contributed by atoms with E-state index < -0.39 is 0 Å². The Morgan fingerprint density at radius 2 is 1.50 bits per heavy atom. The lowest BCUT2D eigenvalue weighted by Gasteiger charge is -1.91. The van der Waals surface area contributed by atoms with Gasteiger partial charge in [0.05, 0.1) is 11.9 Å². The molecule has 0 fully saturated rings. The Morgan fingerprint density at radius 3 is 1.70 bits per heavy atom. The van der Waals surface area contributed by atoms with E-state index in [-0.39, 0.29) is 0 Å². The Kier molecular flexibility index (Phi) is 4.45. The molecule has 4 heteroatoms. The van der Waals surface area contributed by atoms with Crippen molar-refractivity contribution in [3.05, 3.63) is 24.3 Å². The summed E-state index contributed by atoms with van der Waals surface area (Å²) in [6.07, 6.45) is 0.